The van der Waals surface area contributed by atoms with Crippen molar-refractivity contribution in [2.75, 3.05) is 5.75 Å². The molecule has 1 aliphatic heterocycles. The number of nitrogens with zero attached hydrogens (tertiary/aromatic N) is 1. The summed E-state index contributed by atoms with van der Waals surface area (Å²) in [5, 5.41) is 1.05. The quantitative estimate of drug-likeness (QED) is 0.622. The zero-order valence-corrected chi connectivity index (χ0v) is 9.80. The van der Waals surface area contributed by atoms with Crippen molar-refractivity contribution < 1.29 is 0 Å². The Kier molecular flexibility index (Phi) is 2.88. The predicted octanol–water partition coefficient (Wildman–Crippen LogP) is 2.19. The molecule has 0 saturated heterocycles. The van der Waals surface area contributed by atoms with Gasteiger partial charge in [0, 0.05) is 11.0 Å². The van der Waals surface area contributed by atoms with E-state index in [1.165, 1.54) is 0 Å². The second-order valence-corrected chi connectivity index (χ2v) is 5.70. The molecule has 0 bridgehead atoms. The Hall–Kier alpha value is -0.420. The van der Waals surface area contributed by atoms with Gasteiger partial charge in [0.2, 0.25) is 0 Å². The van der Waals surface area contributed by atoms with Gasteiger partial charge in [-0.3, -0.25) is 4.79 Å². The van der Waals surface area contributed by atoms with Crippen molar-refractivity contribution in [2.24, 2.45) is 0 Å². The van der Waals surface area contributed by atoms with Crippen LogP contribution in [0.4, 0.5) is 0 Å². The van der Waals surface area contributed by atoms with E-state index in [-0.39, 0.29) is 5.56 Å². The summed E-state index contributed by atoms with van der Waals surface area (Å²) < 4.78 is 0. The molecular weight excluding hydrogens is 216 g/mol. The maximum absolute atomic E-state index is 11.7. The number of aromatic amines is 1. The molecule has 0 spiro atoms. The summed E-state index contributed by atoms with van der Waals surface area (Å²) in [6, 6.07) is 0. The van der Waals surface area contributed by atoms with Gasteiger partial charge in [0.15, 0.2) is 5.16 Å². The minimum Gasteiger partial charge on any atom is -0.301 e. The third-order valence-corrected chi connectivity index (χ3v) is 4.10. The van der Waals surface area contributed by atoms with Crippen LogP contribution in [-0.2, 0) is 5.75 Å². The summed E-state index contributed by atoms with van der Waals surface area (Å²) in [6.07, 6.45) is 0. The molecule has 0 unspecified atom stereocenters. The number of aromatic nitrogens is 2. The van der Waals surface area contributed by atoms with Gasteiger partial charge in [0.1, 0.15) is 0 Å². The second kappa shape index (κ2) is 3.98. The van der Waals surface area contributed by atoms with Crippen molar-refractivity contribution in [3.8, 4) is 0 Å². The fourth-order valence-electron chi connectivity index (χ4n) is 1.53. The lowest BCUT2D eigenvalue weighted by atomic mass is 10.2. The summed E-state index contributed by atoms with van der Waals surface area (Å²) in [5.41, 5.74) is 1.89. The van der Waals surface area contributed by atoms with Gasteiger partial charge in [-0.2, -0.15) is 0 Å². The van der Waals surface area contributed by atoms with Gasteiger partial charge < -0.3 is 4.98 Å². The van der Waals surface area contributed by atoms with Crippen LogP contribution in [0.25, 0.3) is 0 Å². The first-order valence-corrected chi connectivity index (χ1v) is 6.63. The minimum absolute atomic E-state index is 0.0449. The standard InChI is InChI=1S/C9H12N2OS2/c1-3-13-9-10-6-4-14-5(2)7(6)8(12)11-9/h5H,3-4H2,1-2H3,(H,10,11,12)/t5-/m0/s1. The van der Waals surface area contributed by atoms with Gasteiger partial charge in [-0.1, -0.05) is 18.7 Å². The highest BCUT2D eigenvalue weighted by molar-refractivity contribution is 7.99. The monoisotopic (exact) mass is 228 g/mol. The van der Waals surface area contributed by atoms with Crippen LogP contribution in [0.15, 0.2) is 9.95 Å². The zero-order chi connectivity index (χ0) is 10.1. The molecule has 14 heavy (non-hydrogen) atoms. The summed E-state index contributed by atoms with van der Waals surface area (Å²) in [5.74, 6) is 1.81. The summed E-state index contributed by atoms with van der Waals surface area (Å²) in [7, 11) is 0. The summed E-state index contributed by atoms with van der Waals surface area (Å²) >= 11 is 3.36. The number of H-pyrrole nitrogens is 1. The van der Waals surface area contributed by atoms with Gasteiger partial charge in [0.25, 0.3) is 5.56 Å². The first kappa shape index (κ1) is 10.1. The van der Waals surface area contributed by atoms with Gasteiger partial charge in [0.05, 0.1) is 11.3 Å². The third-order valence-electron chi connectivity index (χ3n) is 2.17. The molecule has 5 heteroatoms. The van der Waals surface area contributed by atoms with E-state index in [1.807, 2.05) is 0 Å². The number of hydrogen-bond acceptors (Lipinski definition) is 4. The van der Waals surface area contributed by atoms with Crippen molar-refractivity contribution >= 4 is 23.5 Å². The van der Waals surface area contributed by atoms with E-state index in [4.69, 9.17) is 0 Å². The number of thioether (sulfide) groups is 2. The largest absolute Gasteiger partial charge is 0.301 e. The normalized spacial score (nSPS) is 19.7. The highest BCUT2D eigenvalue weighted by Crippen LogP contribution is 2.38. The first-order chi connectivity index (χ1) is 6.72. The SMILES string of the molecule is CCSc1nc2c(c(=O)[nH]1)[C@H](C)SC2. The van der Waals surface area contributed by atoms with Crippen LogP contribution in [-0.4, -0.2) is 15.7 Å². The Morgan fingerprint density at radius 3 is 3.21 bits per heavy atom. The zero-order valence-electron chi connectivity index (χ0n) is 8.16. The fourth-order valence-corrected chi connectivity index (χ4v) is 3.18. The molecule has 0 amide bonds. The smallest absolute Gasteiger partial charge is 0.256 e. The van der Waals surface area contributed by atoms with Gasteiger partial charge >= 0.3 is 0 Å². The highest BCUT2D eigenvalue weighted by Gasteiger charge is 2.24. The number of nitrogens with one attached hydrogen (secondary N) is 1. The number of hydrogen-bond donors (Lipinski definition) is 1. The average molecular weight is 228 g/mol. The van der Waals surface area contributed by atoms with Crippen molar-refractivity contribution in [2.45, 2.75) is 30.0 Å². The Balaban J connectivity index is 2.46. The molecule has 0 aromatic carbocycles. The second-order valence-electron chi connectivity index (χ2n) is 3.12. The maximum atomic E-state index is 11.7. The average Bonchev–Trinajstić information content (AvgIpc) is 2.48. The van der Waals surface area contributed by atoms with Crippen LogP contribution in [0.5, 0.6) is 0 Å². The molecule has 1 atom stereocenters. The highest BCUT2D eigenvalue weighted by atomic mass is 32.2. The lowest BCUT2D eigenvalue weighted by Gasteiger charge is -2.03. The van der Waals surface area contributed by atoms with Crippen molar-refractivity contribution in [1.29, 1.82) is 0 Å². The molecule has 0 saturated carbocycles. The molecular formula is C9H12N2OS2. The summed E-state index contributed by atoms with van der Waals surface area (Å²) in [4.78, 5) is 19.0. The van der Waals surface area contributed by atoms with Gasteiger partial charge in [-0.15, -0.1) is 11.8 Å². The van der Waals surface area contributed by atoms with E-state index in [0.29, 0.717) is 5.25 Å². The van der Waals surface area contributed by atoms with Crippen molar-refractivity contribution in [1.82, 2.24) is 9.97 Å². The number of rotatable bonds is 2. The molecule has 3 nitrogen and oxygen atoms in total. The summed E-state index contributed by atoms with van der Waals surface area (Å²) in [6.45, 7) is 4.11. The van der Waals surface area contributed by atoms with Crippen molar-refractivity contribution in [3.63, 3.8) is 0 Å². The lowest BCUT2D eigenvalue weighted by molar-refractivity contribution is 0.865. The third kappa shape index (κ3) is 1.70. The molecule has 1 aromatic heterocycles. The van der Waals surface area contributed by atoms with E-state index in [9.17, 15) is 4.79 Å². The lowest BCUT2D eigenvalue weighted by Crippen LogP contribution is -2.16. The van der Waals surface area contributed by atoms with Gasteiger partial charge in [-0.05, 0) is 12.7 Å². The minimum atomic E-state index is 0.0449. The Morgan fingerprint density at radius 2 is 2.50 bits per heavy atom. The van der Waals surface area contributed by atoms with Crippen LogP contribution in [0, 0.1) is 0 Å². The number of fused-ring (bicyclic) bond motifs is 1. The van der Waals surface area contributed by atoms with E-state index in [2.05, 4.69) is 23.8 Å². The fraction of sp³-hybridized carbons (Fsp3) is 0.556. The van der Waals surface area contributed by atoms with E-state index < -0.39 is 0 Å². The van der Waals surface area contributed by atoms with Crippen LogP contribution in [0.1, 0.15) is 30.4 Å². The molecule has 2 rings (SSSR count). The Labute approximate surface area is 91.1 Å². The molecule has 0 aliphatic carbocycles. The molecule has 2 heterocycles. The predicted molar refractivity (Wildman–Crippen MR) is 61.0 cm³/mol. The molecule has 0 radical (unpaired) electrons. The van der Waals surface area contributed by atoms with Crippen LogP contribution in [0.2, 0.25) is 0 Å². The Morgan fingerprint density at radius 1 is 1.71 bits per heavy atom. The molecule has 1 aromatic rings. The molecule has 0 fully saturated rings. The van der Waals surface area contributed by atoms with Crippen molar-refractivity contribution in [3.05, 3.63) is 21.6 Å². The van der Waals surface area contributed by atoms with Crippen LogP contribution >= 0.6 is 23.5 Å². The van der Waals surface area contributed by atoms with Gasteiger partial charge in [-0.25, -0.2) is 4.98 Å². The molecule has 1 N–H and O–H groups in total. The van der Waals surface area contributed by atoms with E-state index in [1.54, 1.807) is 23.5 Å². The van der Waals surface area contributed by atoms with E-state index >= 15 is 0 Å². The first-order valence-electron chi connectivity index (χ1n) is 4.60. The van der Waals surface area contributed by atoms with Crippen LogP contribution < -0.4 is 5.56 Å². The molecule has 76 valence electrons. The van der Waals surface area contributed by atoms with E-state index in [0.717, 1.165) is 27.9 Å². The Bertz CT molecular complexity index is 402. The van der Waals surface area contributed by atoms with Crippen LogP contribution in [0.3, 0.4) is 0 Å². The molecule has 1 aliphatic rings. The maximum Gasteiger partial charge on any atom is 0.256 e. The topological polar surface area (TPSA) is 45.8 Å².